The minimum Gasteiger partial charge on any atom is -0.374 e. The zero-order valence-electron chi connectivity index (χ0n) is 7.34. The molecule has 2 aromatic rings. The highest BCUT2D eigenvalue weighted by Gasteiger charge is 2.06. The van der Waals surface area contributed by atoms with Gasteiger partial charge in [0.25, 0.3) is 5.56 Å². The molecule has 2 aromatic heterocycles. The Hall–Kier alpha value is -1.76. The summed E-state index contributed by atoms with van der Waals surface area (Å²) in [7, 11) is 1.58. The zero-order chi connectivity index (χ0) is 10.1. The third-order valence-corrected chi connectivity index (χ3v) is 2.40. The van der Waals surface area contributed by atoms with Crippen molar-refractivity contribution < 1.29 is 0 Å². The molecule has 2 N–H and O–H groups in total. The molecule has 7 heteroatoms. The second-order valence-electron chi connectivity index (χ2n) is 2.63. The first-order valence-electron chi connectivity index (χ1n) is 3.80. The summed E-state index contributed by atoms with van der Waals surface area (Å²) in [4.78, 5) is 11.1. The summed E-state index contributed by atoms with van der Waals surface area (Å²) in [5.74, 6) is 0. The van der Waals surface area contributed by atoms with Gasteiger partial charge in [0.05, 0.1) is 0 Å². The molecule has 0 bridgehead atoms. The first-order chi connectivity index (χ1) is 6.66. The first kappa shape index (κ1) is 8.82. The lowest BCUT2D eigenvalue weighted by Gasteiger charge is -1.96. The van der Waals surface area contributed by atoms with Gasteiger partial charge >= 0.3 is 0 Å². The summed E-state index contributed by atoms with van der Waals surface area (Å²) in [5, 5.41) is 12.5. The number of anilines is 1. The lowest BCUT2D eigenvalue weighted by atomic mass is 10.4. The molecule has 2 heterocycles. The van der Waals surface area contributed by atoms with Crippen LogP contribution in [0.1, 0.15) is 0 Å². The van der Waals surface area contributed by atoms with Crippen LogP contribution in [0.3, 0.4) is 0 Å². The lowest BCUT2D eigenvalue weighted by Crippen LogP contribution is -2.18. The second-order valence-corrected chi connectivity index (χ2v) is 3.63. The predicted molar refractivity (Wildman–Crippen MR) is 52.8 cm³/mol. The van der Waals surface area contributed by atoms with Crippen molar-refractivity contribution in [2.45, 2.75) is 0 Å². The van der Waals surface area contributed by atoms with Crippen LogP contribution in [0.5, 0.6) is 0 Å². The number of nitrogens with two attached hydrogens (primary N) is 1. The maximum Gasteiger partial charge on any atom is 0.266 e. The predicted octanol–water partition coefficient (Wildman–Crippen LogP) is -0.119. The topological polar surface area (TPSA) is 86.7 Å². The molecule has 0 atom stereocenters. The van der Waals surface area contributed by atoms with Gasteiger partial charge in [-0.2, -0.15) is 5.10 Å². The van der Waals surface area contributed by atoms with E-state index in [4.69, 9.17) is 5.73 Å². The van der Waals surface area contributed by atoms with E-state index in [-0.39, 0.29) is 5.56 Å². The van der Waals surface area contributed by atoms with Crippen LogP contribution < -0.4 is 11.3 Å². The molecule has 0 unspecified atom stereocenters. The summed E-state index contributed by atoms with van der Waals surface area (Å²) >= 11 is 1.23. The Kier molecular flexibility index (Phi) is 2.01. The van der Waals surface area contributed by atoms with Crippen molar-refractivity contribution in [2.75, 3.05) is 5.73 Å². The summed E-state index contributed by atoms with van der Waals surface area (Å²) in [6.07, 6.45) is 0. The molecule has 2 rings (SSSR count). The van der Waals surface area contributed by atoms with Crippen LogP contribution in [0.25, 0.3) is 10.7 Å². The molecule has 0 saturated heterocycles. The first-order valence-corrected chi connectivity index (χ1v) is 4.62. The summed E-state index contributed by atoms with van der Waals surface area (Å²) < 4.78 is 1.24. The van der Waals surface area contributed by atoms with E-state index >= 15 is 0 Å². The molecular formula is C7H7N5OS. The number of nitrogens with zero attached hydrogens (tertiary/aromatic N) is 4. The van der Waals surface area contributed by atoms with Crippen molar-refractivity contribution in [1.82, 2.24) is 20.0 Å². The average Bonchev–Trinajstić information content (AvgIpc) is 2.57. The Morgan fingerprint density at radius 1 is 1.43 bits per heavy atom. The molecule has 0 aromatic carbocycles. The maximum atomic E-state index is 11.1. The molecule has 0 aliphatic carbocycles. The lowest BCUT2D eigenvalue weighted by molar-refractivity contribution is 0.711. The number of aryl methyl sites for hydroxylation is 1. The molecule has 72 valence electrons. The molecule has 0 amide bonds. The van der Waals surface area contributed by atoms with E-state index in [2.05, 4.69) is 15.3 Å². The summed E-state index contributed by atoms with van der Waals surface area (Å²) in [5.41, 5.74) is 5.87. The highest BCUT2D eigenvalue weighted by atomic mass is 32.1. The monoisotopic (exact) mass is 209 g/mol. The highest BCUT2D eigenvalue weighted by Crippen LogP contribution is 2.21. The Bertz CT molecular complexity index is 517. The van der Waals surface area contributed by atoms with E-state index in [1.54, 1.807) is 13.1 Å². The minimum atomic E-state index is -0.161. The molecule has 0 spiro atoms. The van der Waals surface area contributed by atoms with Gasteiger partial charge in [0.1, 0.15) is 5.69 Å². The van der Waals surface area contributed by atoms with Gasteiger partial charge in [-0.15, -0.1) is 10.2 Å². The molecule has 0 radical (unpaired) electrons. The van der Waals surface area contributed by atoms with Gasteiger partial charge in [-0.25, -0.2) is 4.68 Å². The molecule has 0 aliphatic heterocycles. The Morgan fingerprint density at radius 2 is 2.21 bits per heavy atom. The van der Waals surface area contributed by atoms with Crippen molar-refractivity contribution in [3.63, 3.8) is 0 Å². The fourth-order valence-corrected chi connectivity index (χ4v) is 1.53. The van der Waals surface area contributed by atoms with Crippen LogP contribution in [0.4, 0.5) is 5.13 Å². The Labute approximate surface area is 83.0 Å². The van der Waals surface area contributed by atoms with Gasteiger partial charge in [-0.3, -0.25) is 4.79 Å². The van der Waals surface area contributed by atoms with Crippen molar-refractivity contribution in [2.24, 2.45) is 7.05 Å². The maximum absolute atomic E-state index is 11.1. The zero-order valence-corrected chi connectivity index (χ0v) is 8.15. The SMILES string of the molecule is Cn1nc(-c2nnc(N)s2)ccc1=O. The fourth-order valence-electron chi connectivity index (χ4n) is 0.954. The van der Waals surface area contributed by atoms with Crippen molar-refractivity contribution >= 4 is 16.5 Å². The van der Waals surface area contributed by atoms with Crippen LogP contribution in [-0.2, 0) is 7.05 Å². The third-order valence-electron chi connectivity index (χ3n) is 1.62. The van der Waals surface area contributed by atoms with Gasteiger partial charge in [-0.05, 0) is 6.07 Å². The molecule has 14 heavy (non-hydrogen) atoms. The average molecular weight is 209 g/mol. The number of aromatic nitrogens is 4. The Morgan fingerprint density at radius 3 is 2.79 bits per heavy atom. The van der Waals surface area contributed by atoms with Crippen LogP contribution in [0.15, 0.2) is 16.9 Å². The summed E-state index contributed by atoms with van der Waals surface area (Å²) in [6, 6.07) is 3.03. The molecule has 6 nitrogen and oxygen atoms in total. The number of hydrogen-bond donors (Lipinski definition) is 1. The van der Waals surface area contributed by atoms with E-state index in [1.165, 1.54) is 22.1 Å². The largest absolute Gasteiger partial charge is 0.374 e. The van der Waals surface area contributed by atoms with Gasteiger partial charge in [0.15, 0.2) is 5.01 Å². The van der Waals surface area contributed by atoms with E-state index in [1.807, 2.05) is 0 Å². The molecular weight excluding hydrogens is 202 g/mol. The molecule has 0 aliphatic rings. The highest BCUT2D eigenvalue weighted by molar-refractivity contribution is 7.18. The van der Waals surface area contributed by atoms with Gasteiger partial charge in [0, 0.05) is 13.1 Å². The molecule has 0 saturated carbocycles. The smallest absolute Gasteiger partial charge is 0.266 e. The van der Waals surface area contributed by atoms with E-state index in [0.717, 1.165) is 0 Å². The van der Waals surface area contributed by atoms with E-state index < -0.39 is 0 Å². The van der Waals surface area contributed by atoms with Crippen molar-refractivity contribution in [3.8, 4) is 10.7 Å². The van der Waals surface area contributed by atoms with Crippen LogP contribution in [0.2, 0.25) is 0 Å². The second kappa shape index (κ2) is 3.18. The van der Waals surface area contributed by atoms with Crippen LogP contribution >= 0.6 is 11.3 Å². The number of rotatable bonds is 1. The standard InChI is InChI=1S/C7H7N5OS/c1-12-5(13)3-2-4(11-12)6-9-10-7(8)14-6/h2-3H,1H3,(H2,8,10). The minimum absolute atomic E-state index is 0.161. The van der Waals surface area contributed by atoms with Gasteiger partial charge in [-0.1, -0.05) is 11.3 Å². The number of nitrogen functional groups attached to an aromatic ring is 1. The fraction of sp³-hybridized carbons (Fsp3) is 0.143. The van der Waals surface area contributed by atoms with Crippen LogP contribution in [0, 0.1) is 0 Å². The normalized spacial score (nSPS) is 10.4. The van der Waals surface area contributed by atoms with Gasteiger partial charge in [0.2, 0.25) is 5.13 Å². The van der Waals surface area contributed by atoms with E-state index in [9.17, 15) is 4.79 Å². The molecule has 0 fully saturated rings. The van der Waals surface area contributed by atoms with Crippen molar-refractivity contribution in [1.29, 1.82) is 0 Å². The van der Waals surface area contributed by atoms with Gasteiger partial charge < -0.3 is 5.73 Å². The summed E-state index contributed by atoms with van der Waals surface area (Å²) in [6.45, 7) is 0. The van der Waals surface area contributed by atoms with Crippen LogP contribution in [-0.4, -0.2) is 20.0 Å². The van der Waals surface area contributed by atoms with Crippen molar-refractivity contribution in [3.05, 3.63) is 22.5 Å². The number of hydrogen-bond acceptors (Lipinski definition) is 6. The quantitative estimate of drug-likeness (QED) is 0.707. The Balaban J connectivity index is 2.52. The van der Waals surface area contributed by atoms with E-state index in [0.29, 0.717) is 15.8 Å². The third kappa shape index (κ3) is 1.49.